The minimum Gasteiger partial charge on any atom is -0.497 e. The maximum Gasteiger partial charge on any atom is 0.256 e. The van der Waals surface area contributed by atoms with E-state index in [-0.39, 0.29) is 24.1 Å². The third kappa shape index (κ3) is 6.20. The van der Waals surface area contributed by atoms with Crippen molar-refractivity contribution < 1.29 is 18.7 Å². The molecule has 2 amide bonds. The molecule has 0 aromatic heterocycles. The first kappa shape index (κ1) is 26.0. The Morgan fingerprint density at radius 1 is 1.08 bits per heavy atom. The van der Waals surface area contributed by atoms with Crippen LogP contribution in [-0.4, -0.2) is 66.1 Å². The minimum atomic E-state index is -0.720. The summed E-state index contributed by atoms with van der Waals surface area (Å²) in [5, 5.41) is 3.21. The number of amides is 2. The first-order valence-corrected chi connectivity index (χ1v) is 12.8. The molecule has 0 radical (unpaired) electrons. The molecule has 2 saturated heterocycles. The summed E-state index contributed by atoms with van der Waals surface area (Å²) >= 11 is 5.70. The fourth-order valence-electron chi connectivity index (χ4n) is 4.73. The Bertz CT molecular complexity index is 1070. The van der Waals surface area contributed by atoms with E-state index < -0.39 is 6.04 Å². The number of nitrogens with zero attached hydrogens (tertiary/aromatic N) is 3. The van der Waals surface area contributed by atoms with Gasteiger partial charge in [-0.05, 0) is 106 Å². The molecule has 0 bridgehead atoms. The Hall–Kier alpha value is -3.04. The van der Waals surface area contributed by atoms with Gasteiger partial charge in [0.05, 0.1) is 19.2 Å². The fourth-order valence-corrected chi connectivity index (χ4v) is 5.14. The molecule has 7 nitrogen and oxygen atoms in total. The summed E-state index contributed by atoms with van der Waals surface area (Å²) < 4.78 is 18.7. The van der Waals surface area contributed by atoms with Gasteiger partial charge >= 0.3 is 0 Å². The van der Waals surface area contributed by atoms with Gasteiger partial charge in [0.1, 0.15) is 17.6 Å². The van der Waals surface area contributed by atoms with Crippen LogP contribution in [0, 0.1) is 11.7 Å². The van der Waals surface area contributed by atoms with Gasteiger partial charge < -0.3 is 19.9 Å². The predicted molar refractivity (Wildman–Crippen MR) is 143 cm³/mol. The number of hydrogen-bond donors (Lipinski definition) is 1. The molecule has 2 fully saturated rings. The molecule has 4 rings (SSSR count). The van der Waals surface area contributed by atoms with Crippen molar-refractivity contribution in [1.82, 2.24) is 9.80 Å². The van der Waals surface area contributed by atoms with Gasteiger partial charge in [-0.25, -0.2) is 4.39 Å². The van der Waals surface area contributed by atoms with Crippen molar-refractivity contribution in [3.05, 3.63) is 54.3 Å². The Balaban J connectivity index is 1.45. The van der Waals surface area contributed by atoms with Crippen molar-refractivity contribution in [2.24, 2.45) is 5.92 Å². The molecular weight excluding hydrogens is 479 g/mol. The van der Waals surface area contributed by atoms with Crippen LogP contribution in [0.25, 0.3) is 0 Å². The standard InChI is InChI=1S/C27H33FN4O3S/c1-19-12-16-30(17-13-19)14-3-15-31-24(18-25(33)29-21-6-10-23(35-2)11-7-21)26(34)32(27(31)36)22-8-4-20(28)5-9-22/h4-11,19,24H,3,12-18H2,1-2H3,(H,29,33). The molecule has 2 aliphatic rings. The second kappa shape index (κ2) is 11.8. The highest BCUT2D eigenvalue weighted by Gasteiger charge is 2.43. The average Bonchev–Trinajstić information content (AvgIpc) is 3.10. The van der Waals surface area contributed by atoms with Crippen molar-refractivity contribution in [1.29, 1.82) is 0 Å². The topological polar surface area (TPSA) is 65.1 Å². The van der Waals surface area contributed by atoms with Gasteiger partial charge in [-0.1, -0.05) is 6.92 Å². The molecule has 1 atom stereocenters. The van der Waals surface area contributed by atoms with E-state index in [0.29, 0.717) is 28.8 Å². The molecular formula is C27H33FN4O3S. The molecule has 2 heterocycles. The van der Waals surface area contributed by atoms with Crippen LogP contribution in [0.15, 0.2) is 48.5 Å². The summed E-state index contributed by atoms with van der Waals surface area (Å²) in [5.41, 5.74) is 1.12. The lowest BCUT2D eigenvalue weighted by atomic mass is 9.99. The van der Waals surface area contributed by atoms with E-state index in [4.69, 9.17) is 17.0 Å². The summed E-state index contributed by atoms with van der Waals surface area (Å²) in [6.45, 7) is 5.94. The van der Waals surface area contributed by atoms with E-state index in [2.05, 4.69) is 17.1 Å². The van der Waals surface area contributed by atoms with Gasteiger partial charge in [-0.2, -0.15) is 0 Å². The van der Waals surface area contributed by atoms with Crippen LogP contribution in [-0.2, 0) is 9.59 Å². The highest BCUT2D eigenvalue weighted by atomic mass is 32.1. The number of ether oxygens (including phenoxy) is 1. The van der Waals surface area contributed by atoms with E-state index in [1.165, 1.54) is 42.0 Å². The van der Waals surface area contributed by atoms with Crippen molar-refractivity contribution in [3.8, 4) is 5.75 Å². The van der Waals surface area contributed by atoms with Crippen molar-refractivity contribution in [2.75, 3.05) is 43.5 Å². The lowest BCUT2D eigenvalue weighted by Crippen LogP contribution is -2.40. The normalized spacial score (nSPS) is 19.1. The second-order valence-corrected chi connectivity index (χ2v) is 9.87. The van der Waals surface area contributed by atoms with Crippen LogP contribution in [0.2, 0.25) is 0 Å². The predicted octanol–water partition coefficient (Wildman–Crippen LogP) is 4.29. The first-order chi connectivity index (χ1) is 17.4. The molecule has 2 aromatic carbocycles. The number of carbonyl (C=O) groups excluding carboxylic acids is 2. The largest absolute Gasteiger partial charge is 0.497 e. The molecule has 0 aliphatic carbocycles. The van der Waals surface area contributed by atoms with Gasteiger partial charge in [0.15, 0.2) is 5.11 Å². The SMILES string of the molecule is COc1ccc(NC(=O)CC2C(=O)N(c3ccc(F)cc3)C(=S)N2CCCN2CCC(C)CC2)cc1. The maximum atomic E-state index is 13.5. The number of rotatable bonds is 9. The van der Waals surface area contributed by atoms with E-state index in [1.54, 1.807) is 31.4 Å². The van der Waals surface area contributed by atoms with E-state index in [0.717, 1.165) is 32.0 Å². The van der Waals surface area contributed by atoms with Gasteiger partial charge in [0.2, 0.25) is 5.91 Å². The molecule has 0 saturated carbocycles. The maximum absolute atomic E-state index is 13.5. The summed E-state index contributed by atoms with van der Waals surface area (Å²) in [7, 11) is 1.58. The zero-order chi connectivity index (χ0) is 25.7. The van der Waals surface area contributed by atoms with Gasteiger partial charge in [0.25, 0.3) is 5.91 Å². The quantitative estimate of drug-likeness (QED) is 0.506. The van der Waals surface area contributed by atoms with E-state index >= 15 is 0 Å². The summed E-state index contributed by atoms with van der Waals surface area (Å²) in [6, 6.07) is 12.0. The van der Waals surface area contributed by atoms with Crippen LogP contribution in [0.3, 0.4) is 0 Å². The zero-order valence-electron chi connectivity index (χ0n) is 20.8. The third-order valence-corrected chi connectivity index (χ3v) is 7.32. The Labute approximate surface area is 217 Å². The molecule has 1 N–H and O–H groups in total. The first-order valence-electron chi connectivity index (χ1n) is 12.4. The highest BCUT2D eigenvalue weighted by Crippen LogP contribution is 2.28. The van der Waals surface area contributed by atoms with Crippen molar-refractivity contribution >= 4 is 40.5 Å². The van der Waals surface area contributed by atoms with Crippen LogP contribution in [0.1, 0.15) is 32.6 Å². The Morgan fingerprint density at radius 3 is 2.39 bits per heavy atom. The van der Waals surface area contributed by atoms with Crippen molar-refractivity contribution in [3.63, 3.8) is 0 Å². The monoisotopic (exact) mass is 512 g/mol. The summed E-state index contributed by atoms with van der Waals surface area (Å²) in [6.07, 6.45) is 3.19. The van der Waals surface area contributed by atoms with Gasteiger partial charge in [0, 0.05) is 12.2 Å². The average molecular weight is 513 g/mol. The highest BCUT2D eigenvalue weighted by molar-refractivity contribution is 7.80. The minimum absolute atomic E-state index is 0.0378. The number of halogens is 1. The van der Waals surface area contributed by atoms with Gasteiger partial charge in [-0.3, -0.25) is 14.5 Å². The third-order valence-electron chi connectivity index (χ3n) is 6.91. The molecule has 0 spiro atoms. The van der Waals surface area contributed by atoms with Crippen LogP contribution in [0.5, 0.6) is 5.75 Å². The summed E-state index contributed by atoms with van der Waals surface area (Å²) in [4.78, 5) is 32.1. The smallest absolute Gasteiger partial charge is 0.256 e. The summed E-state index contributed by atoms with van der Waals surface area (Å²) in [5.74, 6) is 0.511. The number of hydrogen-bond acceptors (Lipinski definition) is 5. The van der Waals surface area contributed by atoms with E-state index in [9.17, 15) is 14.0 Å². The molecule has 2 aromatic rings. The van der Waals surface area contributed by atoms with Crippen molar-refractivity contribution in [2.45, 2.75) is 38.6 Å². The number of thiocarbonyl (C=S) groups is 1. The van der Waals surface area contributed by atoms with Gasteiger partial charge in [-0.15, -0.1) is 0 Å². The van der Waals surface area contributed by atoms with Crippen LogP contribution < -0.4 is 15.0 Å². The molecule has 9 heteroatoms. The zero-order valence-corrected chi connectivity index (χ0v) is 21.6. The number of nitrogens with one attached hydrogen (secondary N) is 1. The molecule has 192 valence electrons. The molecule has 36 heavy (non-hydrogen) atoms. The Kier molecular flexibility index (Phi) is 8.53. The van der Waals surface area contributed by atoms with Crippen LogP contribution in [0.4, 0.5) is 15.8 Å². The van der Waals surface area contributed by atoms with E-state index in [1.807, 2.05) is 4.90 Å². The lowest BCUT2D eigenvalue weighted by molar-refractivity contribution is -0.124. The lowest BCUT2D eigenvalue weighted by Gasteiger charge is -2.31. The molecule has 1 unspecified atom stereocenters. The number of benzene rings is 2. The second-order valence-electron chi connectivity index (χ2n) is 9.50. The number of piperidine rings is 1. The number of anilines is 2. The fraction of sp³-hybridized carbons (Fsp3) is 0.444. The number of carbonyl (C=O) groups is 2. The van der Waals surface area contributed by atoms with Crippen LogP contribution >= 0.6 is 12.2 Å². The number of likely N-dealkylation sites (tertiary alicyclic amines) is 1. The number of methoxy groups -OCH3 is 1. The Morgan fingerprint density at radius 2 is 1.75 bits per heavy atom. The molecule has 2 aliphatic heterocycles.